The van der Waals surface area contributed by atoms with Crippen LogP contribution in [0.25, 0.3) is 6.08 Å². The summed E-state index contributed by atoms with van der Waals surface area (Å²) in [4.78, 5) is 3.81. The van der Waals surface area contributed by atoms with Crippen molar-refractivity contribution in [2.75, 3.05) is 12.3 Å². The van der Waals surface area contributed by atoms with E-state index in [1.165, 1.54) is 0 Å². The smallest absolute Gasteiger partial charge is 0.446 e. The molecule has 2 fully saturated rings. The summed E-state index contributed by atoms with van der Waals surface area (Å²) in [5.41, 5.74) is 0.745. The normalized spacial score (nSPS) is 27.8. The Morgan fingerprint density at radius 2 is 1.78 bits per heavy atom. The molecular weight excluding hydrogens is 510 g/mol. The van der Waals surface area contributed by atoms with E-state index in [4.69, 9.17) is 8.74 Å². The number of benzene rings is 1. The van der Waals surface area contributed by atoms with Crippen LogP contribution in [-0.2, 0) is 20.5 Å². The van der Waals surface area contributed by atoms with Crippen LogP contribution < -0.4 is 4.18 Å². The number of rotatable bonds is 7. The second-order valence-corrected chi connectivity index (χ2v) is 13.4. The van der Waals surface area contributed by atoms with Crippen LogP contribution >= 0.6 is 0 Å². The minimum absolute atomic E-state index is 0.113. The Morgan fingerprint density at radius 1 is 1.11 bits per heavy atom. The molecule has 202 valence electrons. The van der Waals surface area contributed by atoms with Gasteiger partial charge in [0, 0.05) is 11.8 Å². The summed E-state index contributed by atoms with van der Waals surface area (Å²) in [6.07, 6.45) is 7.76. The fraction of sp³-hybridized carbons (Fsp3) is 0.625. The lowest BCUT2D eigenvalue weighted by atomic mass is 9.48. The maximum absolute atomic E-state index is 11.7. The Bertz CT molecular complexity index is 1280. The van der Waals surface area contributed by atoms with Crippen LogP contribution in [0.1, 0.15) is 70.9 Å². The van der Waals surface area contributed by atoms with Crippen LogP contribution in [0.15, 0.2) is 16.6 Å². The molecule has 0 saturated heterocycles. The monoisotopic (exact) mass is 545 g/mol. The molecule has 10 nitrogen and oxygen atoms in total. The predicted molar refractivity (Wildman–Crippen MR) is 136 cm³/mol. The van der Waals surface area contributed by atoms with Crippen molar-refractivity contribution in [3.63, 3.8) is 0 Å². The summed E-state index contributed by atoms with van der Waals surface area (Å²) in [6.45, 7) is 8.44. The zero-order valence-corrected chi connectivity index (χ0v) is 22.6. The quantitative estimate of drug-likeness (QED) is 0.222. The van der Waals surface area contributed by atoms with E-state index in [0.29, 0.717) is 5.92 Å². The molecule has 0 aliphatic heterocycles. The molecule has 0 radical (unpaired) electrons. The third-order valence-corrected chi connectivity index (χ3v) is 8.88. The van der Waals surface area contributed by atoms with E-state index in [0.717, 1.165) is 50.0 Å². The van der Waals surface area contributed by atoms with Crippen molar-refractivity contribution in [3.05, 3.63) is 22.8 Å². The van der Waals surface area contributed by atoms with Gasteiger partial charge in [-0.05, 0) is 54.4 Å². The molecular formula is C24H35NO9S2. The molecule has 0 heterocycles. The summed E-state index contributed by atoms with van der Waals surface area (Å²) < 4.78 is 68.5. The van der Waals surface area contributed by atoms with E-state index in [2.05, 4.69) is 32.7 Å². The molecule has 0 amide bonds. The third-order valence-electron chi connectivity index (χ3n) is 7.80. The Labute approximate surface area is 212 Å². The summed E-state index contributed by atoms with van der Waals surface area (Å²) in [5, 5.41) is 20.9. The predicted octanol–water partition coefficient (Wildman–Crippen LogP) is 4.23. The Balaban J connectivity index is 2.19. The summed E-state index contributed by atoms with van der Waals surface area (Å²) in [7, 11) is -9.34. The van der Waals surface area contributed by atoms with Crippen LogP contribution in [0, 0.1) is 22.7 Å². The molecule has 36 heavy (non-hydrogen) atoms. The fourth-order valence-electron chi connectivity index (χ4n) is 6.22. The highest BCUT2D eigenvalue weighted by Crippen LogP contribution is 2.61. The minimum Gasteiger partial charge on any atom is -0.504 e. The Kier molecular flexibility index (Phi) is 7.86. The van der Waals surface area contributed by atoms with Gasteiger partial charge in [0.15, 0.2) is 17.2 Å². The van der Waals surface area contributed by atoms with Crippen molar-refractivity contribution < 1.29 is 40.3 Å². The number of allylic oxidation sites excluding steroid dienone is 1. The van der Waals surface area contributed by atoms with Crippen LogP contribution in [0.2, 0.25) is 0 Å². The maximum atomic E-state index is 11.7. The molecule has 2 aliphatic carbocycles. The number of phenolic OH excluding ortho intramolecular Hbond substituents is 2. The van der Waals surface area contributed by atoms with Gasteiger partial charge in [0.1, 0.15) is 0 Å². The lowest BCUT2D eigenvalue weighted by Crippen LogP contribution is -2.47. The molecule has 0 bridgehead atoms. The van der Waals surface area contributed by atoms with Gasteiger partial charge in [-0.15, -0.1) is 0 Å². The molecule has 0 unspecified atom stereocenters. The Hall–Kier alpha value is -2.15. The number of hydrogen-bond donors (Lipinski definition) is 4. The van der Waals surface area contributed by atoms with Crippen molar-refractivity contribution in [3.8, 4) is 17.2 Å². The molecule has 12 heteroatoms. The van der Waals surface area contributed by atoms with Crippen LogP contribution in [-0.4, -0.2) is 54.7 Å². The first-order chi connectivity index (χ1) is 16.4. The number of hydrogen-bond acceptors (Lipinski definition) is 8. The van der Waals surface area contributed by atoms with Crippen molar-refractivity contribution in [1.29, 1.82) is 0 Å². The van der Waals surface area contributed by atoms with E-state index >= 15 is 0 Å². The van der Waals surface area contributed by atoms with Crippen LogP contribution in [0.4, 0.5) is 0 Å². The SMILES string of the molecule is C[C@@H]1CC[C@@H]2C(C)(C)CCC[C@@]2(C)/C1=C/c1cc(O)c(O)c(C=NCCS(=O)(=O)O)c1OS(=O)(=O)O. The molecule has 2 aliphatic rings. The third kappa shape index (κ3) is 6.21. The second kappa shape index (κ2) is 9.96. The van der Waals surface area contributed by atoms with E-state index in [1.54, 1.807) is 6.08 Å². The fourth-order valence-corrected chi connectivity index (χ4v) is 6.95. The molecule has 1 aromatic rings. The molecule has 4 N–H and O–H groups in total. The summed E-state index contributed by atoms with van der Waals surface area (Å²) in [6, 6.07) is 1.16. The van der Waals surface area contributed by atoms with E-state index in [-0.39, 0.29) is 27.9 Å². The number of phenols is 2. The van der Waals surface area contributed by atoms with Crippen LogP contribution in [0.3, 0.4) is 0 Å². The second-order valence-electron chi connectivity index (χ2n) is 10.8. The maximum Gasteiger partial charge on any atom is 0.446 e. The van der Waals surface area contributed by atoms with Crippen LogP contribution in [0.5, 0.6) is 17.2 Å². The number of nitrogens with zero attached hydrogens (tertiary/aromatic N) is 1. The van der Waals surface area contributed by atoms with Gasteiger partial charge < -0.3 is 14.4 Å². The van der Waals surface area contributed by atoms with Gasteiger partial charge in [0.05, 0.1) is 17.9 Å². The van der Waals surface area contributed by atoms with E-state index in [9.17, 15) is 31.6 Å². The summed E-state index contributed by atoms with van der Waals surface area (Å²) >= 11 is 0. The number of aromatic hydroxyl groups is 2. The first kappa shape index (κ1) is 28.4. The minimum atomic E-state index is -5.04. The molecule has 0 aromatic heterocycles. The molecule has 0 spiro atoms. The van der Waals surface area contributed by atoms with Gasteiger partial charge >= 0.3 is 10.4 Å². The highest BCUT2D eigenvalue weighted by atomic mass is 32.3. The van der Waals surface area contributed by atoms with E-state index < -0.39 is 50.1 Å². The first-order valence-corrected chi connectivity index (χ1v) is 14.8. The van der Waals surface area contributed by atoms with Gasteiger partial charge in [-0.3, -0.25) is 14.1 Å². The highest BCUT2D eigenvalue weighted by Gasteiger charge is 2.51. The number of aliphatic imine (C=N–C) groups is 1. The lowest BCUT2D eigenvalue weighted by Gasteiger charge is -2.56. The number of fused-ring (bicyclic) bond motifs is 1. The molecule has 2 saturated carbocycles. The molecule has 1 aromatic carbocycles. The van der Waals surface area contributed by atoms with Gasteiger partial charge in [0.2, 0.25) is 0 Å². The molecule has 3 atom stereocenters. The lowest BCUT2D eigenvalue weighted by molar-refractivity contribution is -0.00534. The molecule has 3 rings (SSSR count). The Morgan fingerprint density at radius 3 is 2.39 bits per heavy atom. The van der Waals surface area contributed by atoms with Gasteiger partial charge in [-0.25, -0.2) is 0 Å². The average Bonchev–Trinajstić information content (AvgIpc) is 2.70. The highest BCUT2D eigenvalue weighted by molar-refractivity contribution is 7.85. The zero-order valence-electron chi connectivity index (χ0n) is 20.9. The van der Waals surface area contributed by atoms with Gasteiger partial charge in [-0.2, -0.15) is 16.8 Å². The van der Waals surface area contributed by atoms with Gasteiger partial charge in [0.25, 0.3) is 10.1 Å². The van der Waals surface area contributed by atoms with Crippen molar-refractivity contribution in [2.24, 2.45) is 27.7 Å². The largest absolute Gasteiger partial charge is 0.504 e. The first-order valence-electron chi connectivity index (χ1n) is 11.9. The average molecular weight is 546 g/mol. The van der Waals surface area contributed by atoms with Crippen molar-refractivity contribution >= 4 is 32.8 Å². The standard InChI is InChI=1S/C24H35NO9S2/c1-15-6-7-20-23(2,3)8-5-9-24(20,4)18(15)12-16-13-19(26)21(27)17(22(16)34-36(31,32)33)14-25-10-11-35(28,29)30/h12-15,20,26-27H,5-11H2,1-4H3,(H,28,29,30)(H,31,32,33)/b18-12+,25-14?/t15-,20-,24+/m1/s1. The zero-order chi connectivity index (χ0) is 27.1. The van der Waals surface area contributed by atoms with Crippen molar-refractivity contribution in [2.45, 2.75) is 59.8 Å². The topological polar surface area (TPSA) is 171 Å². The summed E-state index contributed by atoms with van der Waals surface area (Å²) in [5.74, 6) is -1.95. The van der Waals surface area contributed by atoms with Crippen molar-refractivity contribution in [1.82, 2.24) is 0 Å². The van der Waals surface area contributed by atoms with E-state index in [1.807, 2.05) is 0 Å². The van der Waals surface area contributed by atoms with Gasteiger partial charge in [-0.1, -0.05) is 45.8 Å².